The molecule has 0 aromatic carbocycles. The molecule has 8 atom stereocenters. The van der Waals surface area contributed by atoms with Gasteiger partial charge in [-0.25, -0.2) is 0 Å². The number of Topliss-reactive ketones (excluding diaryl/α,β-unsaturated/α-hetero) is 1. The van der Waals surface area contributed by atoms with Gasteiger partial charge in [0, 0.05) is 16.7 Å². The molecule has 0 spiro atoms. The van der Waals surface area contributed by atoms with Crippen LogP contribution in [0.2, 0.25) is 18.1 Å². The van der Waals surface area contributed by atoms with Crippen LogP contribution in [0.3, 0.4) is 0 Å². The number of aliphatic hydroxyl groups is 2. The highest BCUT2D eigenvalue weighted by atomic mass is 28.4. The maximum Gasteiger partial charge on any atom is 0.192 e. The Morgan fingerprint density at radius 1 is 1.26 bits per heavy atom. The molecular formula is C28H44O5Si. The van der Waals surface area contributed by atoms with E-state index in [1.165, 1.54) is 0 Å². The summed E-state index contributed by atoms with van der Waals surface area (Å²) in [6.07, 6.45) is 7.23. The summed E-state index contributed by atoms with van der Waals surface area (Å²) >= 11 is 0. The van der Waals surface area contributed by atoms with Gasteiger partial charge in [0.25, 0.3) is 0 Å². The molecule has 2 N–H and O–H groups in total. The molecule has 0 saturated heterocycles. The predicted molar refractivity (Wildman–Crippen MR) is 136 cm³/mol. The second-order valence-electron chi connectivity index (χ2n) is 13.6. The summed E-state index contributed by atoms with van der Waals surface area (Å²) in [5.41, 5.74) is -1.42. The van der Waals surface area contributed by atoms with E-state index in [2.05, 4.69) is 47.7 Å². The normalized spacial score (nSPS) is 44.2. The van der Waals surface area contributed by atoms with Gasteiger partial charge >= 0.3 is 0 Å². The van der Waals surface area contributed by atoms with Gasteiger partial charge in [0.15, 0.2) is 19.9 Å². The van der Waals surface area contributed by atoms with Crippen molar-refractivity contribution in [1.29, 1.82) is 0 Å². The van der Waals surface area contributed by atoms with Crippen molar-refractivity contribution < 1.29 is 24.2 Å². The summed E-state index contributed by atoms with van der Waals surface area (Å²) in [4.78, 5) is 25.7. The SMILES string of the molecule is C[C@H]1C[C@@H]2[C@H]([C@@H](O)C[C@@]3(C)[C@H]2CC[C@]3(O)C(=O)CO[Si](C)(C)C(C)(C)C)[C@@]2(C)C=CC(=O)C=C12. The third kappa shape index (κ3) is 3.58. The van der Waals surface area contributed by atoms with Crippen LogP contribution < -0.4 is 0 Å². The molecule has 0 unspecified atom stereocenters. The topological polar surface area (TPSA) is 83.8 Å². The Morgan fingerprint density at radius 2 is 1.91 bits per heavy atom. The molecule has 4 rings (SSSR count). The van der Waals surface area contributed by atoms with E-state index in [-0.39, 0.29) is 52.3 Å². The fraction of sp³-hybridized carbons (Fsp3) is 0.786. The lowest BCUT2D eigenvalue weighted by molar-refractivity contribution is -0.179. The fourth-order valence-corrected chi connectivity index (χ4v) is 8.72. The number of allylic oxidation sites excluding steroid dienone is 4. The average Bonchev–Trinajstić information content (AvgIpc) is 2.98. The number of ketones is 2. The number of hydrogen-bond donors (Lipinski definition) is 2. The van der Waals surface area contributed by atoms with Crippen molar-refractivity contribution in [2.24, 2.45) is 34.5 Å². The van der Waals surface area contributed by atoms with Crippen LogP contribution >= 0.6 is 0 Å². The van der Waals surface area contributed by atoms with Crippen LogP contribution in [-0.4, -0.2) is 48.4 Å². The maximum absolute atomic E-state index is 13.6. The zero-order chi connectivity index (χ0) is 25.5. The minimum atomic E-state index is -2.13. The van der Waals surface area contributed by atoms with Gasteiger partial charge in [-0.05, 0) is 73.7 Å². The molecule has 3 saturated carbocycles. The smallest absolute Gasteiger partial charge is 0.192 e. The van der Waals surface area contributed by atoms with Gasteiger partial charge in [0.2, 0.25) is 0 Å². The Morgan fingerprint density at radius 3 is 2.53 bits per heavy atom. The fourth-order valence-electron chi connectivity index (χ4n) is 7.79. The van der Waals surface area contributed by atoms with Crippen LogP contribution in [0, 0.1) is 34.5 Å². The number of fused-ring (bicyclic) bond motifs is 5. The predicted octanol–water partition coefficient (Wildman–Crippen LogP) is 4.83. The first-order valence-electron chi connectivity index (χ1n) is 13.0. The number of hydrogen-bond acceptors (Lipinski definition) is 5. The van der Waals surface area contributed by atoms with E-state index in [1.54, 1.807) is 12.2 Å². The van der Waals surface area contributed by atoms with E-state index >= 15 is 0 Å². The summed E-state index contributed by atoms with van der Waals surface area (Å²) < 4.78 is 6.22. The lowest BCUT2D eigenvalue weighted by Crippen LogP contribution is -2.62. The first-order valence-corrected chi connectivity index (χ1v) is 15.9. The van der Waals surface area contributed by atoms with Crippen LogP contribution in [0.15, 0.2) is 23.8 Å². The molecule has 4 aliphatic carbocycles. The van der Waals surface area contributed by atoms with E-state index in [0.29, 0.717) is 12.8 Å². The lowest BCUT2D eigenvalue weighted by Gasteiger charge is -2.60. The standard InChI is InChI=1S/C28H44O5Si/c1-17-13-19-20-10-12-28(32,23(31)16-33-34(7,8)25(2,3)4)27(20,6)15-22(30)24(19)26(5)11-9-18(29)14-21(17)26/h9,11,14,17,19-20,22,24,30,32H,10,12-13,15-16H2,1-8H3/t17-,19-,20-,22-,24+,26-,27-,28-/m0/s1. The summed E-state index contributed by atoms with van der Waals surface area (Å²) in [6, 6.07) is 0. The first kappa shape index (κ1) is 26.0. The number of carbonyl (C=O) groups is 2. The highest BCUT2D eigenvalue weighted by Gasteiger charge is 2.68. The zero-order valence-electron chi connectivity index (χ0n) is 22.3. The Bertz CT molecular complexity index is 945. The van der Waals surface area contributed by atoms with Crippen LogP contribution in [0.4, 0.5) is 0 Å². The summed E-state index contributed by atoms with van der Waals surface area (Å²) in [6.45, 7) is 17.0. The summed E-state index contributed by atoms with van der Waals surface area (Å²) in [5, 5.41) is 23.5. The number of carbonyl (C=O) groups excluding carboxylic acids is 2. The van der Waals surface area contributed by atoms with Crippen LogP contribution in [0.1, 0.15) is 67.2 Å². The van der Waals surface area contributed by atoms with Gasteiger partial charge in [0.05, 0.1) is 12.7 Å². The van der Waals surface area contributed by atoms with E-state index in [0.717, 1.165) is 18.4 Å². The van der Waals surface area contributed by atoms with Crippen molar-refractivity contribution in [3.63, 3.8) is 0 Å². The molecule has 0 aliphatic heterocycles. The molecule has 0 radical (unpaired) electrons. The van der Waals surface area contributed by atoms with Gasteiger partial charge in [-0.1, -0.05) is 53.2 Å². The molecule has 0 bridgehead atoms. The Balaban J connectivity index is 1.63. The van der Waals surface area contributed by atoms with Gasteiger partial charge in [0.1, 0.15) is 5.60 Å². The zero-order valence-corrected chi connectivity index (χ0v) is 23.3. The Labute approximate surface area is 206 Å². The first-order chi connectivity index (χ1) is 15.5. The largest absolute Gasteiger partial charge is 0.409 e. The molecular weight excluding hydrogens is 444 g/mol. The molecule has 0 aromatic rings. The van der Waals surface area contributed by atoms with Crippen LogP contribution in [0.25, 0.3) is 0 Å². The van der Waals surface area contributed by atoms with Crippen molar-refractivity contribution in [3.8, 4) is 0 Å². The van der Waals surface area contributed by atoms with Crippen LogP contribution in [0.5, 0.6) is 0 Å². The van der Waals surface area contributed by atoms with Crippen LogP contribution in [-0.2, 0) is 14.0 Å². The third-order valence-electron chi connectivity index (χ3n) is 10.8. The van der Waals surface area contributed by atoms with Crippen molar-refractivity contribution in [2.75, 3.05) is 6.61 Å². The molecule has 6 heteroatoms. The van der Waals surface area contributed by atoms with Gasteiger partial charge < -0.3 is 14.6 Å². The van der Waals surface area contributed by atoms with Crippen molar-refractivity contribution in [2.45, 2.75) is 97.1 Å². The lowest BCUT2D eigenvalue weighted by atomic mass is 9.45. The van der Waals surface area contributed by atoms with E-state index in [9.17, 15) is 19.8 Å². The average molecular weight is 489 g/mol. The quantitative estimate of drug-likeness (QED) is 0.554. The molecule has 3 fully saturated rings. The van der Waals surface area contributed by atoms with Gasteiger partial charge in [-0.15, -0.1) is 0 Å². The Hall–Kier alpha value is -1.08. The highest BCUT2D eigenvalue weighted by molar-refractivity contribution is 6.74. The number of aliphatic hydroxyl groups excluding tert-OH is 1. The number of rotatable bonds is 4. The highest BCUT2D eigenvalue weighted by Crippen LogP contribution is 2.67. The maximum atomic E-state index is 13.6. The van der Waals surface area contributed by atoms with Gasteiger partial charge in [-0.3, -0.25) is 9.59 Å². The molecule has 190 valence electrons. The molecule has 0 amide bonds. The van der Waals surface area contributed by atoms with E-state index < -0.39 is 25.4 Å². The minimum Gasteiger partial charge on any atom is -0.409 e. The Kier molecular flexibility index (Phi) is 6.08. The monoisotopic (exact) mass is 488 g/mol. The second kappa shape index (κ2) is 7.96. The second-order valence-corrected chi connectivity index (χ2v) is 18.4. The summed E-state index contributed by atoms with van der Waals surface area (Å²) in [7, 11) is -2.13. The minimum absolute atomic E-state index is 0.0138. The van der Waals surface area contributed by atoms with Crippen molar-refractivity contribution in [1.82, 2.24) is 0 Å². The van der Waals surface area contributed by atoms with E-state index in [4.69, 9.17) is 4.43 Å². The molecule has 4 aliphatic rings. The molecule has 34 heavy (non-hydrogen) atoms. The van der Waals surface area contributed by atoms with Crippen molar-refractivity contribution >= 4 is 19.9 Å². The molecule has 5 nitrogen and oxygen atoms in total. The van der Waals surface area contributed by atoms with Gasteiger partial charge in [-0.2, -0.15) is 0 Å². The van der Waals surface area contributed by atoms with Crippen molar-refractivity contribution in [3.05, 3.63) is 23.8 Å². The molecule has 0 heterocycles. The molecule has 0 aromatic heterocycles. The van der Waals surface area contributed by atoms with E-state index in [1.807, 2.05) is 13.0 Å². The summed E-state index contributed by atoms with van der Waals surface area (Å²) in [5.74, 6) is 0.336. The third-order valence-corrected chi connectivity index (χ3v) is 15.3.